The first kappa shape index (κ1) is 19.1. The van der Waals surface area contributed by atoms with E-state index < -0.39 is 0 Å². The minimum Gasteiger partial charge on any atom is -0.508 e. The third kappa shape index (κ3) is 4.59. The molecule has 2 aliphatic heterocycles. The van der Waals surface area contributed by atoms with E-state index in [-0.39, 0.29) is 0 Å². The van der Waals surface area contributed by atoms with Gasteiger partial charge in [-0.3, -0.25) is 9.80 Å². The van der Waals surface area contributed by atoms with Gasteiger partial charge in [0.2, 0.25) is 0 Å². The lowest BCUT2D eigenvalue weighted by molar-refractivity contribution is 0.0887. The molecule has 28 heavy (non-hydrogen) atoms. The van der Waals surface area contributed by atoms with Crippen molar-refractivity contribution in [1.82, 2.24) is 9.80 Å². The van der Waals surface area contributed by atoms with Crippen LogP contribution >= 0.6 is 0 Å². The van der Waals surface area contributed by atoms with Gasteiger partial charge in [0.05, 0.1) is 7.11 Å². The van der Waals surface area contributed by atoms with Crippen molar-refractivity contribution < 1.29 is 9.84 Å². The largest absolute Gasteiger partial charge is 0.508 e. The molecule has 2 aromatic carbocycles. The molecule has 0 radical (unpaired) electrons. The predicted octanol–water partition coefficient (Wildman–Crippen LogP) is 3.19. The first-order chi connectivity index (χ1) is 13.7. The number of benzene rings is 2. The van der Waals surface area contributed by atoms with Crippen LogP contribution in [-0.4, -0.2) is 67.3 Å². The molecule has 1 N–H and O–H groups in total. The maximum absolute atomic E-state index is 9.71. The van der Waals surface area contributed by atoms with E-state index in [0.717, 1.165) is 51.6 Å². The van der Waals surface area contributed by atoms with Crippen LogP contribution in [0.5, 0.6) is 11.5 Å². The zero-order valence-corrected chi connectivity index (χ0v) is 16.8. The third-order valence-corrected chi connectivity index (χ3v) is 6.07. The van der Waals surface area contributed by atoms with Crippen molar-refractivity contribution in [2.75, 3.05) is 51.3 Å². The molecule has 0 aliphatic carbocycles. The number of methoxy groups -OCH3 is 1. The lowest BCUT2D eigenvalue weighted by Crippen LogP contribution is -2.55. The summed E-state index contributed by atoms with van der Waals surface area (Å²) in [5.74, 6) is 1.28. The fourth-order valence-electron chi connectivity index (χ4n) is 4.52. The molecule has 0 amide bonds. The van der Waals surface area contributed by atoms with Gasteiger partial charge in [-0.2, -0.15) is 0 Å². The fraction of sp³-hybridized carbons (Fsp3) is 0.478. The van der Waals surface area contributed by atoms with Crippen LogP contribution in [0, 0.1) is 0 Å². The van der Waals surface area contributed by atoms with Gasteiger partial charge in [0, 0.05) is 51.0 Å². The summed E-state index contributed by atoms with van der Waals surface area (Å²) in [6, 6.07) is 16.7. The Labute approximate surface area is 168 Å². The Hall–Kier alpha value is -2.24. The molecule has 2 saturated heterocycles. The number of aromatic hydroxyl groups is 1. The number of phenolic OH excluding ortho intramolecular Hbond substituents is 1. The van der Waals surface area contributed by atoms with Gasteiger partial charge in [-0.05, 0) is 61.3 Å². The third-order valence-electron chi connectivity index (χ3n) is 6.07. The number of rotatable bonds is 5. The van der Waals surface area contributed by atoms with Gasteiger partial charge in [-0.1, -0.05) is 12.1 Å². The highest BCUT2D eigenvalue weighted by molar-refractivity contribution is 5.49. The summed E-state index contributed by atoms with van der Waals surface area (Å²) >= 11 is 0. The summed E-state index contributed by atoms with van der Waals surface area (Å²) < 4.78 is 5.27. The van der Waals surface area contributed by atoms with Crippen molar-refractivity contribution in [2.45, 2.75) is 25.4 Å². The lowest BCUT2D eigenvalue weighted by Gasteiger charge is -2.44. The second kappa shape index (κ2) is 8.84. The molecule has 0 bridgehead atoms. The minimum atomic E-state index is 0.362. The van der Waals surface area contributed by atoms with Crippen molar-refractivity contribution in [3.8, 4) is 11.5 Å². The van der Waals surface area contributed by atoms with E-state index in [4.69, 9.17) is 4.74 Å². The van der Waals surface area contributed by atoms with Crippen molar-refractivity contribution in [3.05, 3.63) is 54.1 Å². The molecule has 4 rings (SSSR count). The Kier molecular flexibility index (Phi) is 6.03. The van der Waals surface area contributed by atoms with E-state index in [1.54, 1.807) is 13.2 Å². The molecule has 2 aliphatic rings. The van der Waals surface area contributed by atoms with Crippen molar-refractivity contribution in [2.24, 2.45) is 0 Å². The maximum Gasteiger partial charge on any atom is 0.119 e. The highest BCUT2D eigenvalue weighted by Gasteiger charge is 2.28. The van der Waals surface area contributed by atoms with E-state index >= 15 is 0 Å². The Morgan fingerprint density at radius 1 is 1.00 bits per heavy atom. The topological polar surface area (TPSA) is 39.2 Å². The van der Waals surface area contributed by atoms with E-state index in [1.807, 2.05) is 24.3 Å². The van der Waals surface area contributed by atoms with Gasteiger partial charge in [0.15, 0.2) is 0 Å². The first-order valence-electron chi connectivity index (χ1n) is 10.3. The summed E-state index contributed by atoms with van der Waals surface area (Å²) in [5.41, 5.74) is 2.49. The highest BCUT2D eigenvalue weighted by atomic mass is 16.5. The van der Waals surface area contributed by atoms with E-state index in [0.29, 0.717) is 11.8 Å². The second-order valence-electron chi connectivity index (χ2n) is 7.92. The van der Waals surface area contributed by atoms with Gasteiger partial charge < -0.3 is 14.7 Å². The highest BCUT2D eigenvalue weighted by Crippen LogP contribution is 2.24. The number of nitrogens with zero attached hydrogens (tertiary/aromatic N) is 3. The molecule has 1 atom stereocenters. The van der Waals surface area contributed by atoms with E-state index in [9.17, 15) is 5.11 Å². The number of piperidine rings is 1. The van der Waals surface area contributed by atoms with Crippen LogP contribution in [0.2, 0.25) is 0 Å². The second-order valence-corrected chi connectivity index (χ2v) is 7.92. The number of hydrogen-bond donors (Lipinski definition) is 1. The number of hydrogen-bond acceptors (Lipinski definition) is 5. The quantitative estimate of drug-likeness (QED) is 0.861. The van der Waals surface area contributed by atoms with Crippen LogP contribution in [-0.2, 0) is 6.54 Å². The number of phenols is 1. The molecule has 5 heteroatoms. The Bertz CT molecular complexity index is 757. The zero-order valence-electron chi connectivity index (χ0n) is 16.8. The van der Waals surface area contributed by atoms with Crippen LogP contribution in [0.25, 0.3) is 0 Å². The molecular weight excluding hydrogens is 350 g/mol. The first-order valence-corrected chi connectivity index (χ1v) is 10.3. The average molecular weight is 382 g/mol. The summed E-state index contributed by atoms with van der Waals surface area (Å²) in [4.78, 5) is 7.69. The Morgan fingerprint density at radius 2 is 1.79 bits per heavy atom. The van der Waals surface area contributed by atoms with Crippen LogP contribution in [0.15, 0.2) is 48.5 Å². The fourth-order valence-corrected chi connectivity index (χ4v) is 4.52. The van der Waals surface area contributed by atoms with E-state index in [1.165, 1.54) is 24.1 Å². The maximum atomic E-state index is 9.71. The monoisotopic (exact) mass is 381 g/mol. The standard InChI is InChI=1S/C23H31N3O2/c1-28-23-9-7-20(8-10-23)25-12-14-26(15-13-25)21-5-3-11-24(18-21)17-19-4-2-6-22(27)16-19/h2,4,6-10,16,21,27H,3,5,11-15,17-18H2,1H3/t21-/m0/s1. The van der Waals surface area contributed by atoms with Crippen LogP contribution < -0.4 is 9.64 Å². The molecule has 0 saturated carbocycles. The van der Waals surface area contributed by atoms with Crippen LogP contribution in [0.1, 0.15) is 18.4 Å². The molecule has 2 heterocycles. The summed E-state index contributed by atoms with van der Waals surface area (Å²) in [6.45, 7) is 7.60. The smallest absolute Gasteiger partial charge is 0.119 e. The van der Waals surface area contributed by atoms with Gasteiger partial charge in [-0.25, -0.2) is 0 Å². The van der Waals surface area contributed by atoms with Gasteiger partial charge >= 0.3 is 0 Å². The normalized spacial score (nSPS) is 21.6. The Morgan fingerprint density at radius 3 is 2.50 bits per heavy atom. The summed E-state index contributed by atoms with van der Waals surface area (Å²) in [5, 5.41) is 9.71. The molecular formula is C23H31N3O2. The zero-order chi connectivity index (χ0) is 19.3. The van der Waals surface area contributed by atoms with Gasteiger partial charge in [0.1, 0.15) is 11.5 Å². The summed E-state index contributed by atoms with van der Waals surface area (Å²) in [7, 11) is 1.71. The van der Waals surface area contributed by atoms with Gasteiger partial charge in [0.25, 0.3) is 0 Å². The molecule has 150 valence electrons. The Balaban J connectivity index is 1.30. The molecule has 0 spiro atoms. The van der Waals surface area contributed by atoms with Crippen molar-refractivity contribution in [1.29, 1.82) is 0 Å². The number of piperazine rings is 1. The molecule has 2 fully saturated rings. The minimum absolute atomic E-state index is 0.362. The van der Waals surface area contributed by atoms with Crippen LogP contribution in [0.3, 0.4) is 0 Å². The number of ether oxygens (including phenoxy) is 1. The van der Waals surface area contributed by atoms with Gasteiger partial charge in [-0.15, -0.1) is 0 Å². The number of likely N-dealkylation sites (tertiary alicyclic amines) is 1. The van der Waals surface area contributed by atoms with Crippen molar-refractivity contribution >= 4 is 5.69 Å². The molecule has 0 aromatic heterocycles. The lowest BCUT2D eigenvalue weighted by atomic mass is 10.0. The van der Waals surface area contributed by atoms with Crippen molar-refractivity contribution in [3.63, 3.8) is 0 Å². The SMILES string of the molecule is COc1ccc(N2CCN([C@H]3CCCN(Cc4cccc(O)c4)C3)CC2)cc1. The number of anilines is 1. The summed E-state index contributed by atoms with van der Waals surface area (Å²) in [6.07, 6.45) is 2.54. The average Bonchev–Trinajstić information content (AvgIpc) is 2.74. The molecule has 5 nitrogen and oxygen atoms in total. The van der Waals surface area contributed by atoms with E-state index in [2.05, 4.69) is 32.9 Å². The van der Waals surface area contributed by atoms with Crippen LogP contribution in [0.4, 0.5) is 5.69 Å². The molecule has 2 aromatic rings. The predicted molar refractivity (Wildman–Crippen MR) is 113 cm³/mol. The molecule has 0 unspecified atom stereocenters.